The summed E-state index contributed by atoms with van der Waals surface area (Å²) in [5, 5.41) is 12.8. The molecule has 0 heterocycles. The Morgan fingerprint density at radius 3 is 2.38 bits per heavy atom. The highest BCUT2D eigenvalue weighted by Crippen LogP contribution is 2.10. The summed E-state index contributed by atoms with van der Waals surface area (Å²) < 4.78 is 0. The zero-order valence-corrected chi connectivity index (χ0v) is 9.56. The number of unbranched alkanes of at least 4 members (excludes halogenated alkanes) is 1. The van der Waals surface area contributed by atoms with E-state index in [1.54, 1.807) is 0 Å². The lowest BCUT2D eigenvalue weighted by Gasteiger charge is -2.20. The molecule has 0 aromatic heterocycles. The van der Waals surface area contributed by atoms with Gasteiger partial charge in [0.25, 0.3) is 0 Å². The Morgan fingerprint density at radius 2 is 1.92 bits per heavy atom. The van der Waals surface area contributed by atoms with Crippen LogP contribution in [-0.4, -0.2) is 24.3 Å². The summed E-state index contributed by atoms with van der Waals surface area (Å²) in [5.41, 5.74) is 0.310. The monoisotopic (exact) mass is 187 g/mol. The van der Waals surface area contributed by atoms with Gasteiger partial charge in [-0.05, 0) is 11.8 Å². The fraction of sp³-hybridized carbons (Fsp3) is 1.00. The third-order valence-electron chi connectivity index (χ3n) is 1.93. The van der Waals surface area contributed by atoms with Crippen molar-refractivity contribution in [2.75, 3.05) is 13.1 Å². The maximum atomic E-state index is 9.51. The molecule has 2 nitrogen and oxygen atoms in total. The van der Waals surface area contributed by atoms with Crippen LogP contribution in [0.4, 0.5) is 0 Å². The molecular weight excluding hydrogens is 162 g/mol. The molecular formula is C11H25NO. The van der Waals surface area contributed by atoms with E-state index in [0.717, 1.165) is 32.4 Å². The molecule has 2 heteroatoms. The van der Waals surface area contributed by atoms with Crippen LogP contribution in [0.1, 0.15) is 47.0 Å². The first-order chi connectivity index (χ1) is 5.95. The van der Waals surface area contributed by atoms with Gasteiger partial charge in [-0.1, -0.05) is 40.5 Å². The van der Waals surface area contributed by atoms with E-state index in [1.807, 2.05) is 0 Å². The molecule has 0 aromatic carbocycles. The van der Waals surface area contributed by atoms with Crippen LogP contribution in [0.3, 0.4) is 0 Å². The van der Waals surface area contributed by atoms with Crippen LogP contribution < -0.4 is 5.32 Å². The first-order valence-corrected chi connectivity index (χ1v) is 5.34. The summed E-state index contributed by atoms with van der Waals surface area (Å²) in [7, 11) is 0. The predicted molar refractivity (Wildman–Crippen MR) is 57.9 cm³/mol. The summed E-state index contributed by atoms with van der Waals surface area (Å²) in [4.78, 5) is 0. The number of rotatable bonds is 6. The Morgan fingerprint density at radius 1 is 1.31 bits per heavy atom. The van der Waals surface area contributed by atoms with Crippen molar-refractivity contribution in [3.8, 4) is 0 Å². The maximum absolute atomic E-state index is 9.51. The van der Waals surface area contributed by atoms with Crippen molar-refractivity contribution >= 4 is 0 Å². The molecule has 0 spiro atoms. The molecule has 80 valence electrons. The van der Waals surface area contributed by atoms with Gasteiger partial charge in [0, 0.05) is 13.1 Å². The highest BCUT2D eigenvalue weighted by atomic mass is 16.3. The second-order valence-electron chi connectivity index (χ2n) is 4.99. The number of nitrogens with one attached hydrogen (secondary N) is 1. The second kappa shape index (κ2) is 6.39. The molecule has 0 unspecified atom stereocenters. The number of aliphatic hydroxyl groups excluding tert-OH is 1. The van der Waals surface area contributed by atoms with E-state index in [9.17, 15) is 5.11 Å². The molecule has 0 fully saturated rings. The lowest BCUT2D eigenvalue weighted by atomic mass is 9.97. The molecule has 0 radical (unpaired) electrons. The molecule has 0 aliphatic rings. The summed E-state index contributed by atoms with van der Waals surface area (Å²) in [6, 6.07) is 0. The quantitative estimate of drug-likeness (QED) is 0.668. The molecule has 0 aliphatic carbocycles. The molecule has 0 aromatic rings. The van der Waals surface area contributed by atoms with Crippen LogP contribution in [-0.2, 0) is 0 Å². The SMILES string of the molecule is CCCC[C@@H](O)CNCC(C)(C)C. The summed E-state index contributed by atoms with van der Waals surface area (Å²) in [6.45, 7) is 10.4. The van der Waals surface area contributed by atoms with Crippen LogP contribution in [0.2, 0.25) is 0 Å². The van der Waals surface area contributed by atoms with Crippen molar-refractivity contribution in [1.29, 1.82) is 0 Å². The van der Waals surface area contributed by atoms with E-state index in [4.69, 9.17) is 0 Å². The summed E-state index contributed by atoms with van der Waals surface area (Å²) in [6.07, 6.45) is 3.05. The van der Waals surface area contributed by atoms with Crippen LogP contribution in [0.25, 0.3) is 0 Å². The van der Waals surface area contributed by atoms with Crippen molar-refractivity contribution in [2.45, 2.75) is 53.1 Å². The highest BCUT2D eigenvalue weighted by molar-refractivity contribution is 4.67. The first-order valence-electron chi connectivity index (χ1n) is 5.34. The van der Waals surface area contributed by atoms with Gasteiger partial charge in [0.1, 0.15) is 0 Å². The van der Waals surface area contributed by atoms with Gasteiger partial charge in [-0.15, -0.1) is 0 Å². The van der Waals surface area contributed by atoms with Crippen molar-refractivity contribution < 1.29 is 5.11 Å². The predicted octanol–water partition coefficient (Wildman–Crippen LogP) is 2.17. The van der Waals surface area contributed by atoms with Gasteiger partial charge in [-0.25, -0.2) is 0 Å². The van der Waals surface area contributed by atoms with Crippen molar-refractivity contribution in [1.82, 2.24) is 5.32 Å². The average Bonchev–Trinajstić information content (AvgIpc) is 1.98. The van der Waals surface area contributed by atoms with Gasteiger partial charge in [-0.2, -0.15) is 0 Å². The lowest BCUT2D eigenvalue weighted by molar-refractivity contribution is 0.154. The van der Waals surface area contributed by atoms with Crippen LogP contribution in [0.15, 0.2) is 0 Å². The van der Waals surface area contributed by atoms with Gasteiger partial charge < -0.3 is 10.4 Å². The smallest absolute Gasteiger partial charge is 0.0664 e. The average molecular weight is 187 g/mol. The number of hydrogen-bond donors (Lipinski definition) is 2. The van der Waals surface area contributed by atoms with E-state index in [0.29, 0.717) is 5.41 Å². The van der Waals surface area contributed by atoms with E-state index in [-0.39, 0.29) is 6.10 Å². The van der Waals surface area contributed by atoms with Crippen LogP contribution >= 0.6 is 0 Å². The highest BCUT2D eigenvalue weighted by Gasteiger charge is 2.10. The Kier molecular flexibility index (Phi) is 6.35. The summed E-state index contributed by atoms with van der Waals surface area (Å²) >= 11 is 0. The molecule has 0 saturated carbocycles. The Balaban J connectivity index is 3.31. The first kappa shape index (κ1) is 12.9. The van der Waals surface area contributed by atoms with Crippen LogP contribution in [0, 0.1) is 5.41 Å². The van der Waals surface area contributed by atoms with Crippen molar-refractivity contribution in [2.24, 2.45) is 5.41 Å². The summed E-state index contributed by atoms with van der Waals surface area (Å²) in [5.74, 6) is 0. The third-order valence-corrected chi connectivity index (χ3v) is 1.93. The molecule has 0 saturated heterocycles. The minimum atomic E-state index is -0.165. The number of aliphatic hydroxyl groups is 1. The van der Waals surface area contributed by atoms with Crippen molar-refractivity contribution in [3.05, 3.63) is 0 Å². The van der Waals surface area contributed by atoms with Crippen molar-refractivity contribution in [3.63, 3.8) is 0 Å². The minimum absolute atomic E-state index is 0.165. The Bertz CT molecular complexity index is 118. The second-order valence-corrected chi connectivity index (χ2v) is 4.99. The number of hydrogen-bond acceptors (Lipinski definition) is 2. The van der Waals surface area contributed by atoms with E-state index in [1.165, 1.54) is 0 Å². The molecule has 1 atom stereocenters. The zero-order valence-electron chi connectivity index (χ0n) is 9.56. The normalized spacial score (nSPS) is 14.5. The van der Waals surface area contributed by atoms with E-state index < -0.39 is 0 Å². The maximum Gasteiger partial charge on any atom is 0.0664 e. The van der Waals surface area contributed by atoms with Gasteiger partial charge in [0.15, 0.2) is 0 Å². The molecule has 13 heavy (non-hydrogen) atoms. The largest absolute Gasteiger partial charge is 0.392 e. The fourth-order valence-corrected chi connectivity index (χ4v) is 1.16. The Hall–Kier alpha value is -0.0800. The van der Waals surface area contributed by atoms with Crippen LogP contribution in [0.5, 0.6) is 0 Å². The van der Waals surface area contributed by atoms with E-state index in [2.05, 4.69) is 33.0 Å². The van der Waals surface area contributed by atoms with Gasteiger partial charge in [-0.3, -0.25) is 0 Å². The van der Waals surface area contributed by atoms with E-state index >= 15 is 0 Å². The fourth-order valence-electron chi connectivity index (χ4n) is 1.16. The molecule has 0 amide bonds. The standard InChI is InChI=1S/C11H25NO/c1-5-6-7-10(13)8-12-9-11(2,3)4/h10,12-13H,5-9H2,1-4H3/t10-/m1/s1. The topological polar surface area (TPSA) is 32.3 Å². The Labute approximate surface area is 82.7 Å². The molecule has 0 bridgehead atoms. The van der Waals surface area contributed by atoms with Gasteiger partial charge in [0.05, 0.1) is 6.10 Å². The zero-order chi connectivity index (χ0) is 10.3. The minimum Gasteiger partial charge on any atom is -0.392 e. The molecule has 0 rings (SSSR count). The lowest BCUT2D eigenvalue weighted by Crippen LogP contribution is -2.33. The third kappa shape index (κ3) is 9.84. The van der Waals surface area contributed by atoms with Gasteiger partial charge >= 0.3 is 0 Å². The molecule has 2 N–H and O–H groups in total. The molecule has 0 aliphatic heterocycles. The van der Waals surface area contributed by atoms with Gasteiger partial charge in [0.2, 0.25) is 0 Å².